The Morgan fingerprint density at radius 2 is 1.95 bits per heavy atom. The summed E-state index contributed by atoms with van der Waals surface area (Å²) in [5.41, 5.74) is 0.176. The molecule has 0 heterocycles. The van der Waals surface area contributed by atoms with E-state index in [1.807, 2.05) is 23.8 Å². The first-order valence-corrected chi connectivity index (χ1v) is 8.70. The fourth-order valence-corrected chi connectivity index (χ4v) is 3.14. The Labute approximate surface area is 131 Å². The van der Waals surface area contributed by atoms with Gasteiger partial charge < -0.3 is 4.74 Å². The summed E-state index contributed by atoms with van der Waals surface area (Å²) in [6, 6.07) is 6.25. The third-order valence-corrected chi connectivity index (χ3v) is 5.08. The summed E-state index contributed by atoms with van der Waals surface area (Å²) in [5, 5.41) is 0. The van der Waals surface area contributed by atoms with Crippen molar-refractivity contribution in [2.24, 2.45) is 5.92 Å². The molecule has 1 aliphatic rings. The van der Waals surface area contributed by atoms with E-state index in [1.54, 1.807) is 19.1 Å². The normalized spacial score (nSPS) is 24.8. The highest BCUT2D eigenvalue weighted by molar-refractivity contribution is 7.90. The van der Waals surface area contributed by atoms with Crippen molar-refractivity contribution in [2.45, 2.75) is 44.1 Å². The number of carbonyl (C=O) groups excluding carboxylic acids is 1. The maximum Gasteiger partial charge on any atom is 0.422 e. The molecule has 1 amide bonds. The van der Waals surface area contributed by atoms with E-state index in [2.05, 4.69) is 6.92 Å². The second-order valence-corrected chi connectivity index (χ2v) is 7.68. The van der Waals surface area contributed by atoms with Gasteiger partial charge in [0.1, 0.15) is 5.60 Å². The average Bonchev–Trinajstić information content (AvgIpc) is 2.42. The molecule has 2 rings (SSSR count). The van der Waals surface area contributed by atoms with Crippen molar-refractivity contribution >= 4 is 16.1 Å². The number of amides is 1. The smallest absolute Gasteiger partial charge is 0.422 e. The summed E-state index contributed by atoms with van der Waals surface area (Å²) in [7, 11) is -3.91. The Morgan fingerprint density at radius 3 is 2.50 bits per heavy atom. The molecule has 5 nitrogen and oxygen atoms in total. The maximum absolute atomic E-state index is 12.1. The van der Waals surface area contributed by atoms with Gasteiger partial charge in [0.2, 0.25) is 0 Å². The van der Waals surface area contributed by atoms with Crippen LogP contribution in [0.15, 0.2) is 41.3 Å². The molecular formula is C16H21NO4S. The Kier molecular flexibility index (Phi) is 4.60. The van der Waals surface area contributed by atoms with Gasteiger partial charge in [0.15, 0.2) is 0 Å². The zero-order chi connectivity index (χ0) is 16.4. The molecule has 0 radical (unpaired) electrons. The standard InChI is InChI=1S/C16H21NO4S/c1-12-4-6-14(7-5-12)22(19,20)17-15(18)21-16(3)10-8-13(2)9-11-16/h4-8,10,13H,9,11H2,1-3H3,(H,17,18)/t13-,16-/m0/s1. The maximum atomic E-state index is 12.1. The molecule has 22 heavy (non-hydrogen) atoms. The summed E-state index contributed by atoms with van der Waals surface area (Å²) in [5.74, 6) is 0.441. The molecule has 0 spiro atoms. The van der Waals surface area contributed by atoms with Crippen LogP contribution < -0.4 is 4.72 Å². The van der Waals surface area contributed by atoms with Gasteiger partial charge in [-0.15, -0.1) is 0 Å². The van der Waals surface area contributed by atoms with E-state index in [0.717, 1.165) is 12.0 Å². The van der Waals surface area contributed by atoms with E-state index in [-0.39, 0.29) is 4.90 Å². The molecule has 0 fully saturated rings. The summed E-state index contributed by atoms with van der Waals surface area (Å²) < 4.78 is 31.5. The number of hydrogen-bond acceptors (Lipinski definition) is 4. The minimum atomic E-state index is -3.91. The van der Waals surface area contributed by atoms with Gasteiger partial charge >= 0.3 is 6.09 Å². The summed E-state index contributed by atoms with van der Waals surface area (Å²) in [4.78, 5) is 11.9. The highest BCUT2D eigenvalue weighted by Crippen LogP contribution is 2.28. The van der Waals surface area contributed by atoms with Crippen LogP contribution >= 0.6 is 0 Å². The molecule has 0 unspecified atom stereocenters. The number of benzene rings is 1. The molecule has 0 saturated heterocycles. The van der Waals surface area contributed by atoms with Crippen LogP contribution in [-0.4, -0.2) is 20.1 Å². The second-order valence-electron chi connectivity index (χ2n) is 6.00. The van der Waals surface area contributed by atoms with E-state index in [1.165, 1.54) is 12.1 Å². The Hall–Kier alpha value is -1.82. The van der Waals surface area contributed by atoms with Gasteiger partial charge in [-0.1, -0.05) is 30.7 Å². The largest absolute Gasteiger partial charge is 0.438 e. The molecule has 0 aromatic heterocycles. The van der Waals surface area contributed by atoms with Crippen molar-refractivity contribution in [3.05, 3.63) is 42.0 Å². The van der Waals surface area contributed by atoms with Gasteiger partial charge in [0.25, 0.3) is 10.0 Å². The lowest BCUT2D eigenvalue weighted by molar-refractivity contribution is 0.0502. The van der Waals surface area contributed by atoms with Crippen LogP contribution in [0.3, 0.4) is 0 Å². The third-order valence-electron chi connectivity index (χ3n) is 3.75. The highest BCUT2D eigenvalue weighted by Gasteiger charge is 2.30. The monoisotopic (exact) mass is 323 g/mol. The average molecular weight is 323 g/mol. The van der Waals surface area contributed by atoms with Gasteiger partial charge in [0.05, 0.1) is 4.90 Å². The van der Waals surface area contributed by atoms with Crippen LogP contribution in [0.1, 0.15) is 32.3 Å². The Bertz CT molecular complexity index is 679. The zero-order valence-corrected chi connectivity index (χ0v) is 13.8. The van der Waals surface area contributed by atoms with E-state index >= 15 is 0 Å². The molecule has 0 aliphatic heterocycles. The quantitative estimate of drug-likeness (QED) is 0.867. The van der Waals surface area contributed by atoms with Crippen molar-refractivity contribution in [3.63, 3.8) is 0 Å². The lowest BCUT2D eigenvalue weighted by atomic mass is 9.87. The minimum absolute atomic E-state index is 0.0352. The van der Waals surface area contributed by atoms with Crippen molar-refractivity contribution in [1.82, 2.24) is 4.72 Å². The lowest BCUT2D eigenvalue weighted by Crippen LogP contribution is -2.39. The van der Waals surface area contributed by atoms with Gasteiger partial charge in [0, 0.05) is 0 Å². The minimum Gasteiger partial charge on any atom is -0.438 e. The molecule has 0 saturated carbocycles. The number of aryl methyl sites for hydroxylation is 1. The fraction of sp³-hybridized carbons (Fsp3) is 0.438. The van der Waals surface area contributed by atoms with Gasteiger partial charge in [-0.3, -0.25) is 0 Å². The van der Waals surface area contributed by atoms with Crippen LogP contribution in [-0.2, 0) is 14.8 Å². The van der Waals surface area contributed by atoms with Crippen molar-refractivity contribution in [3.8, 4) is 0 Å². The molecular weight excluding hydrogens is 302 g/mol. The fourth-order valence-electron chi connectivity index (χ4n) is 2.27. The highest BCUT2D eigenvalue weighted by atomic mass is 32.2. The van der Waals surface area contributed by atoms with Crippen molar-refractivity contribution in [2.75, 3.05) is 0 Å². The Morgan fingerprint density at radius 1 is 1.32 bits per heavy atom. The third kappa shape index (κ3) is 4.10. The summed E-state index contributed by atoms with van der Waals surface area (Å²) in [6.45, 7) is 5.71. The molecule has 0 bridgehead atoms. The van der Waals surface area contributed by atoms with E-state index in [4.69, 9.17) is 4.74 Å². The predicted octanol–water partition coefficient (Wildman–Crippen LogP) is 3.15. The molecule has 2 atom stereocenters. The number of sulfonamides is 1. The Balaban J connectivity index is 2.05. The number of nitrogens with one attached hydrogen (secondary N) is 1. The molecule has 1 aromatic carbocycles. The number of allylic oxidation sites excluding steroid dienone is 1. The first-order chi connectivity index (χ1) is 10.2. The summed E-state index contributed by atoms with van der Waals surface area (Å²) >= 11 is 0. The molecule has 1 N–H and O–H groups in total. The van der Waals surface area contributed by atoms with Crippen LogP contribution in [0.5, 0.6) is 0 Å². The molecule has 1 aromatic rings. The van der Waals surface area contributed by atoms with Crippen LogP contribution in [0.2, 0.25) is 0 Å². The van der Waals surface area contributed by atoms with Crippen molar-refractivity contribution in [1.29, 1.82) is 0 Å². The number of rotatable bonds is 3. The summed E-state index contributed by atoms with van der Waals surface area (Å²) in [6.07, 6.45) is 4.40. The van der Waals surface area contributed by atoms with Crippen LogP contribution in [0.25, 0.3) is 0 Å². The van der Waals surface area contributed by atoms with Crippen LogP contribution in [0, 0.1) is 12.8 Å². The van der Waals surface area contributed by atoms with Gasteiger partial charge in [-0.25, -0.2) is 17.9 Å². The topological polar surface area (TPSA) is 72.5 Å². The predicted molar refractivity (Wildman–Crippen MR) is 83.9 cm³/mol. The number of ether oxygens (including phenoxy) is 1. The number of hydrogen-bond donors (Lipinski definition) is 1. The van der Waals surface area contributed by atoms with E-state index in [9.17, 15) is 13.2 Å². The zero-order valence-electron chi connectivity index (χ0n) is 13.0. The molecule has 1 aliphatic carbocycles. The van der Waals surface area contributed by atoms with Crippen molar-refractivity contribution < 1.29 is 17.9 Å². The molecule has 6 heteroatoms. The SMILES string of the molecule is Cc1ccc(S(=O)(=O)NC(=O)O[C@@]2(C)C=C[C@H](C)CC2)cc1. The first-order valence-electron chi connectivity index (χ1n) is 7.22. The second kappa shape index (κ2) is 6.12. The molecule has 120 valence electrons. The van der Waals surface area contributed by atoms with Gasteiger partial charge in [-0.2, -0.15) is 0 Å². The van der Waals surface area contributed by atoms with Gasteiger partial charge in [-0.05, 0) is 50.8 Å². The first kappa shape index (κ1) is 16.5. The number of carbonyl (C=O) groups is 1. The lowest BCUT2D eigenvalue weighted by Gasteiger charge is -2.30. The van der Waals surface area contributed by atoms with E-state index < -0.39 is 21.7 Å². The van der Waals surface area contributed by atoms with Crippen LogP contribution in [0.4, 0.5) is 4.79 Å². The van der Waals surface area contributed by atoms with E-state index in [0.29, 0.717) is 12.3 Å².